The van der Waals surface area contributed by atoms with Gasteiger partial charge in [-0.15, -0.1) is 0 Å². The molecule has 3 aromatic carbocycles. The van der Waals surface area contributed by atoms with Crippen LogP contribution in [0.25, 0.3) is 0 Å². The van der Waals surface area contributed by atoms with Gasteiger partial charge in [0.1, 0.15) is 6.61 Å². The highest BCUT2D eigenvalue weighted by Gasteiger charge is 2.30. The molecule has 0 saturated heterocycles. The SMILES string of the molecule is COc1cc(/C=N\NC(=O)c2cccc(C(F)(F)F)c2)c(Br)cc1OCc1ccc(Cl)c(Cl)c1. The van der Waals surface area contributed by atoms with E-state index in [-0.39, 0.29) is 12.2 Å². The minimum Gasteiger partial charge on any atom is -0.493 e. The van der Waals surface area contributed by atoms with Crippen molar-refractivity contribution in [1.82, 2.24) is 5.43 Å². The minimum atomic E-state index is -4.55. The van der Waals surface area contributed by atoms with Crippen LogP contribution in [0.5, 0.6) is 11.5 Å². The first-order chi connectivity index (χ1) is 16.1. The number of ether oxygens (including phenoxy) is 2. The Morgan fingerprint density at radius 3 is 2.53 bits per heavy atom. The van der Waals surface area contributed by atoms with Gasteiger partial charge in [-0.25, -0.2) is 5.43 Å². The van der Waals surface area contributed by atoms with Gasteiger partial charge in [-0.3, -0.25) is 4.79 Å². The summed E-state index contributed by atoms with van der Waals surface area (Å²) in [4.78, 5) is 12.2. The van der Waals surface area contributed by atoms with Crippen molar-refractivity contribution in [2.45, 2.75) is 12.8 Å². The van der Waals surface area contributed by atoms with Gasteiger partial charge in [0, 0.05) is 15.6 Å². The Morgan fingerprint density at radius 1 is 1.09 bits per heavy atom. The van der Waals surface area contributed by atoms with E-state index in [4.69, 9.17) is 32.7 Å². The Bertz CT molecular complexity index is 1240. The summed E-state index contributed by atoms with van der Waals surface area (Å²) < 4.78 is 50.3. The molecule has 0 spiro atoms. The predicted molar refractivity (Wildman–Crippen MR) is 128 cm³/mol. The number of nitrogens with zero attached hydrogens (tertiary/aromatic N) is 1. The largest absolute Gasteiger partial charge is 0.493 e. The second kappa shape index (κ2) is 11.1. The molecule has 1 N–H and O–H groups in total. The molecule has 178 valence electrons. The maximum absolute atomic E-state index is 12.8. The lowest BCUT2D eigenvalue weighted by Crippen LogP contribution is -2.18. The highest BCUT2D eigenvalue weighted by Crippen LogP contribution is 2.34. The van der Waals surface area contributed by atoms with Crippen LogP contribution in [0.1, 0.15) is 27.0 Å². The van der Waals surface area contributed by atoms with Gasteiger partial charge >= 0.3 is 6.18 Å². The molecule has 1 amide bonds. The van der Waals surface area contributed by atoms with E-state index in [0.29, 0.717) is 31.6 Å². The molecule has 34 heavy (non-hydrogen) atoms. The fourth-order valence-corrected chi connectivity index (χ4v) is 3.52. The molecule has 0 radical (unpaired) electrons. The number of carbonyl (C=O) groups is 1. The number of benzene rings is 3. The molecular weight excluding hydrogens is 560 g/mol. The Kier molecular flexibility index (Phi) is 8.46. The van der Waals surface area contributed by atoms with Crippen LogP contribution in [0.3, 0.4) is 0 Å². The number of alkyl halides is 3. The number of carbonyl (C=O) groups excluding carboxylic acids is 1. The molecule has 0 bridgehead atoms. The van der Waals surface area contributed by atoms with Crippen molar-refractivity contribution in [2.75, 3.05) is 7.11 Å². The lowest BCUT2D eigenvalue weighted by Gasteiger charge is -2.13. The summed E-state index contributed by atoms with van der Waals surface area (Å²) in [6.45, 7) is 0.209. The topological polar surface area (TPSA) is 59.9 Å². The van der Waals surface area contributed by atoms with Crippen molar-refractivity contribution in [1.29, 1.82) is 0 Å². The van der Waals surface area contributed by atoms with Gasteiger partial charge in [-0.1, -0.05) is 35.3 Å². The average Bonchev–Trinajstić information content (AvgIpc) is 2.80. The lowest BCUT2D eigenvalue weighted by atomic mass is 10.1. The molecule has 0 aliphatic carbocycles. The first kappa shape index (κ1) is 25.9. The molecule has 3 aromatic rings. The summed E-state index contributed by atoms with van der Waals surface area (Å²) >= 11 is 15.3. The van der Waals surface area contributed by atoms with Crippen molar-refractivity contribution in [2.24, 2.45) is 5.10 Å². The second-order valence-corrected chi connectivity index (χ2v) is 8.51. The first-order valence-electron chi connectivity index (χ1n) is 9.53. The third-order valence-corrected chi connectivity index (χ3v) is 5.91. The third kappa shape index (κ3) is 6.65. The van der Waals surface area contributed by atoms with Gasteiger partial charge in [0.2, 0.25) is 0 Å². The van der Waals surface area contributed by atoms with Gasteiger partial charge in [0.25, 0.3) is 5.91 Å². The molecule has 0 atom stereocenters. The average molecular weight is 576 g/mol. The number of amides is 1. The number of hydrogen-bond donors (Lipinski definition) is 1. The van der Waals surface area contributed by atoms with E-state index in [1.807, 2.05) is 0 Å². The van der Waals surface area contributed by atoms with Crippen molar-refractivity contribution in [3.8, 4) is 11.5 Å². The van der Waals surface area contributed by atoms with E-state index in [1.54, 1.807) is 30.3 Å². The minimum absolute atomic E-state index is 0.172. The van der Waals surface area contributed by atoms with E-state index >= 15 is 0 Å². The standard InChI is InChI=1S/C23H16BrCl2F3N2O3/c1-33-20-9-15(11-30-31-22(32)14-3-2-4-16(8-14)23(27,28)29)17(24)10-21(20)34-12-13-5-6-18(25)19(26)7-13/h2-11H,12H2,1H3,(H,31,32)/b30-11-. The molecule has 0 heterocycles. The van der Waals surface area contributed by atoms with E-state index < -0.39 is 17.6 Å². The molecule has 0 saturated carbocycles. The lowest BCUT2D eigenvalue weighted by molar-refractivity contribution is -0.137. The highest BCUT2D eigenvalue weighted by molar-refractivity contribution is 9.10. The van der Waals surface area contributed by atoms with Crippen LogP contribution in [0.15, 0.2) is 64.2 Å². The number of halogens is 6. The van der Waals surface area contributed by atoms with Crippen LogP contribution >= 0.6 is 39.1 Å². The number of rotatable bonds is 7. The molecule has 0 fully saturated rings. The molecule has 0 aliphatic rings. The van der Waals surface area contributed by atoms with Gasteiger partial charge in [0.05, 0.1) is 28.9 Å². The normalized spacial score (nSPS) is 11.5. The zero-order valence-corrected chi connectivity index (χ0v) is 20.5. The summed E-state index contributed by atoms with van der Waals surface area (Å²) in [5, 5.41) is 4.68. The van der Waals surface area contributed by atoms with Crippen LogP contribution in [-0.2, 0) is 12.8 Å². The van der Waals surface area contributed by atoms with Crippen LogP contribution in [0.2, 0.25) is 10.0 Å². The van der Waals surface area contributed by atoms with E-state index in [0.717, 1.165) is 23.8 Å². The fourth-order valence-electron chi connectivity index (χ4n) is 2.77. The van der Waals surface area contributed by atoms with Crippen LogP contribution in [0, 0.1) is 0 Å². The molecule has 0 unspecified atom stereocenters. The Hall–Kier alpha value is -2.75. The molecule has 3 rings (SSSR count). The summed E-state index contributed by atoms with van der Waals surface area (Å²) in [7, 11) is 1.46. The molecule has 0 aliphatic heterocycles. The smallest absolute Gasteiger partial charge is 0.416 e. The van der Waals surface area contributed by atoms with E-state index in [1.165, 1.54) is 19.4 Å². The first-order valence-corrected chi connectivity index (χ1v) is 11.1. The summed E-state index contributed by atoms with van der Waals surface area (Å²) in [6.07, 6.45) is -3.23. The Labute approximate surface area is 211 Å². The molecular formula is C23H16BrCl2F3N2O3. The van der Waals surface area contributed by atoms with Crippen molar-refractivity contribution >= 4 is 51.3 Å². The van der Waals surface area contributed by atoms with Crippen molar-refractivity contribution in [3.05, 3.63) is 91.4 Å². The summed E-state index contributed by atoms with van der Waals surface area (Å²) in [6, 6.07) is 12.5. The number of hydrazone groups is 1. The summed E-state index contributed by atoms with van der Waals surface area (Å²) in [5.41, 5.74) is 2.45. The van der Waals surface area contributed by atoms with Gasteiger partial charge < -0.3 is 9.47 Å². The molecule has 11 heteroatoms. The monoisotopic (exact) mass is 574 g/mol. The quantitative estimate of drug-likeness (QED) is 0.241. The second-order valence-electron chi connectivity index (χ2n) is 6.84. The maximum atomic E-state index is 12.8. The molecule has 5 nitrogen and oxygen atoms in total. The van der Waals surface area contributed by atoms with Crippen LogP contribution in [-0.4, -0.2) is 19.2 Å². The van der Waals surface area contributed by atoms with Crippen molar-refractivity contribution in [3.63, 3.8) is 0 Å². The predicted octanol–water partition coefficient (Wildman–Crippen LogP) is 7.13. The van der Waals surface area contributed by atoms with E-state index in [9.17, 15) is 18.0 Å². The Balaban J connectivity index is 1.70. The third-order valence-electron chi connectivity index (χ3n) is 4.48. The van der Waals surface area contributed by atoms with Crippen molar-refractivity contribution < 1.29 is 27.4 Å². The van der Waals surface area contributed by atoms with Crippen LogP contribution in [0.4, 0.5) is 13.2 Å². The summed E-state index contributed by atoms with van der Waals surface area (Å²) in [5.74, 6) is 0.0477. The highest BCUT2D eigenvalue weighted by atomic mass is 79.9. The zero-order chi connectivity index (χ0) is 24.9. The zero-order valence-electron chi connectivity index (χ0n) is 17.4. The number of hydrogen-bond acceptors (Lipinski definition) is 4. The number of methoxy groups -OCH3 is 1. The van der Waals surface area contributed by atoms with Gasteiger partial charge in [-0.05, 0) is 64.0 Å². The van der Waals surface area contributed by atoms with Gasteiger partial charge in [0.15, 0.2) is 11.5 Å². The molecule has 0 aromatic heterocycles. The maximum Gasteiger partial charge on any atom is 0.416 e. The van der Waals surface area contributed by atoms with Crippen LogP contribution < -0.4 is 14.9 Å². The van der Waals surface area contributed by atoms with Gasteiger partial charge in [-0.2, -0.15) is 18.3 Å². The Morgan fingerprint density at radius 2 is 1.85 bits per heavy atom. The number of nitrogens with one attached hydrogen (secondary N) is 1. The van der Waals surface area contributed by atoms with E-state index in [2.05, 4.69) is 26.5 Å². The fraction of sp³-hybridized carbons (Fsp3) is 0.130.